The molecule has 1 amide bonds. The molecule has 0 aromatic carbocycles. The average molecular weight is 253 g/mol. The van der Waals surface area contributed by atoms with Gasteiger partial charge < -0.3 is 20.1 Å². The van der Waals surface area contributed by atoms with Gasteiger partial charge in [-0.3, -0.25) is 4.79 Å². The minimum Gasteiger partial charge on any atom is -0.493 e. The highest BCUT2D eigenvalue weighted by molar-refractivity contribution is 5.76. The minimum absolute atomic E-state index is 0.0190. The highest BCUT2D eigenvalue weighted by atomic mass is 16.5. The Balaban J connectivity index is 2.26. The molecule has 1 aromatic heterocycles. The fourth-order valence-electron chi connectivity index (χ4n) is 1.36. The molecule has 100 valence electrons. The van der Waals surface area contributed by atoms with Gasteiger partial charge >= 0.3 is 0 Å². The van der Waals surface area contributed by atoms with E-state index in [1.54, 1.807) is 26.5 Å². The number of hydrogen-bond acceptors (Lipinski definition) is 5. The number of methoxy groups -OCH3 is 2. The summed E-state index contributed by atoms with van der Waals surface area (Å²) in [6, 6.07) is 3.61. The van der Waals surface area contributed by atoms with E-state index in [-0.39, 0.29) is 5.91 Å². The maximum atomic E-state index is 11.4. The first-order chi connectivity index (χ1) is 8.77. The highest BCUT2D eigenvalue weighted by Crippen LogP contribution is 2.19. The molecule has 2 N–H and O–H groups in total. The predicted molar refractivity (Wildman–Crippen MR) is 68.8 cm³/mol. The van der Waals surface area contributed by atoms with Gasteiger partial charge in [0.25, 0.3) is 0 Å². The monoisotopic (exact) mass is 253 g/mol. The molecule has 6 heteroatoms. The summed E-state index contributed by atoms with van der Waals surface area (Å²) >= 11 is 0. The van der Waals surface area contributed by atoms with Gasteiger partial charge in [0.15, 0.2) is 11.6 Å². The van der Waals surface area contributed by atoms with Gasteiger partial charge in [-0.25, -0.2) is 4.98 Å². The molecule has 6 nitrogen and oxygen atoms in total. The number of anilines is 1. The number of ether oxygens (including phenoxy) is 2. The van der Waals surface area contributed by atoms with Crippen LogP contribution in [0.3, 0.4) is 0 Å². The fourth-order valence-corrected chi connectivity index (χ4v) is 1.36. The Morgan fingerprint density at radius 3 is 2.94 bits per heavy atom. The SMILES string of the molecule is COCCNC(=O)CCNc1ncccc1OC. The summed E-state index contributed by atoms with van der Waals surface area (Å²) in [5.74, 6) is 1.29. The number of amides is 1. The lowest BCUT2D eigenvalue weighted by molar-refractivity contribution is -0.121. The molecule has 0 radical (unpaired) electrons. The standard InChI is InChI=1S/C12H19N3O3/c1-17-9-8-13-11(16)5-7-15-12-10(18-2)4-3-6-14-12/h3-4,6H,5,7-9H2,1-2H3,(H,13,16)(H,14,15). The zero-order valence-corrected chi connectivity index (χ0v) is 10.7. The summed E-state index contributed by atoms with van der Waals surface area (Å²) in [5.41, 5.74) is 0. The Kier molecular flexibility index (Phi) is 6.56. The molecule has 0 saturated carbocycles. The molecule has 1 heterocycles. The van der Waals surface area contributed by atoms with Crippen molar-refractivity contribution in [3.8, 4) is 5.75 Å². The number of carbonyl (C=O) groups excluding carboxylic acids is 1. The summed E-state index contributed by atoms with van der Waals surface area (Å²) in [6.07, 6.45) is 2.05. The van der Waals surface area contributed by atoms with Gasteiger partial charge in [-0.1, -0.05) is 0 Å². The quantitative estimate of drug-likeness (QED) is 0.666. The molecule has 0 aliphatic rings. The van der Waals surface area contributed by atoms with Crippen molar-refractivity contribution in [3.05, 3.63) is 18.3 Å². The largest absolute Gasteiger partial charge is 0.493 e. The van der Waals surface area contributed by atoms with Gasteiger partial charge in [0, 0.05) is 32.8 Å². The Hall–Kier alpha value is -1.82. The number of rotatable bonds is 8. The second-order valence-corrected chi connectivity index (χ2v) is 3.57. The Morgan fingerprint density at radius 1 is 1.39 bits per heavy atom. The first-order valence-corrected chi connectivity index (χ1v) is 5.76. The lowest BCUT2D eigenvalue weighted by Crippen LogP contribution is -2.28. The highest BCUT2D eigenvalue weighted by Gasteiger charge is 2.04. The maximum Gasteiger partial charge on any atom is 0.221 e. The van der Waals surface area contributed by atoms with Crippen molar-refractivity contribution < 1.29 is 14.3 Å². The van der Waals surface area contributed by atoms with E-state index in [0.29, 0.717) is 37.7 Å². The number of nitrogens with zero attached hydrogens (tertiary/aromatic N) is 1. The van der Waals surface area contributed by atoms with Gasteiger partial charge in [0.1, 0.15) is 0 Å². The zero-order valence-electron chi connectivity index (χ0n) is 10.7. The third kappa shape index (κ3) is 5.01. The normalized spacial score (nSPS) is 9.89. The van der Waals surface area contributed by atoms with Crippen molar-refractivity contribution in [2.45, 2.75) is 6.42 Å². The molecule has 0 fully saturated rings. The first kappa shape index (κ1) is 14.2. The molecule has 18 heavy (non-hydrogen) atoms. The summed E-state index contributed by atoms with van der Waals surface area (Å²) in [7, 11) is 3.18. The second-order valence-electron chi connectivity index (χ2n) is 3.57. The van der Waals surface area contributed by atoms with Crippen molar-refractivity contribution >= 4 is 11.7 Å². The number of nitrogens with one attached hydrogen (secondary N) is 2. The molecule has 0 atom stereocenters. The van der Waals surface area contributed by atoms with Gasteiger partial charge in [0.2, 0.25) is 5.91 Å². The Bertz CT molecular complexity index is 371. The van der Waals surface area contributed by atoms with E-state index in [9.17, 15) is 4.79 Å². The molecule has 1 aromatic rings. The molecule has 1 rings (SSSR count). The molecular formula is C12H19N3O3. The van der Waals surface area contributed by atoms with Crippen LogP contribution in [-0.4, -0.2) is 44.8 Å². The fraction of sp³-hybridized carbons (Fsp3) is 0.500. The molecule has 0 spiro atoms. The van der Waals surface area contributed by atoms with Crippen molar-refractivity contribution in [2.75, 3.05) is 39.2 Å². The van der Waals surface area contributed by atoms with E-state index in [1.807, 2.05) is 6.07 Å². The van der Waals surface area contributed by atoms with Crippen LogP contribution in [0, 0.1) is 0 Å². The van der Waals surface area contributed by atoms with Crippen molar-refractivity contribution in [1.29, 1.82) is 0 Å². The molecule has 0 aliphatic carbocycles. The average Bonchev–Trinajstić information content (AvgIpc) is 2.39. The summed E-state index contributed by atoms with van der Waals surface area (Å²) < 4.78 is 9.98. The first-order valence-electron chi connectivity index (χ1n) is 5.76. The van der Waals surface area contributed by atoms with E-state index in [2.05, 4.69) is 15.6 Å². The minimum atomic E-state index is -0.0190. The number of pyridine rings is 1. The van der Waals surface area contributed by atoms with Crippen LogP contribution in [0.5, 0.6) is 5.75 Å². The topological polar surface area (TPSA) is 72.5 Å². The second kappa shape index (κ2) is 8.30. The van der Waals surface area contributed by atoms with E-state index in [4.69, 9.17) is 9.47 Å². The van der Waals surface area contributed by atoms with Gasteiger partial charge in [-0.2, -0.15) is 0 Å². The van der Waals surface area contributed by atoms with Gasteiger partial charge in [-0.15, -0.1) is 0 Å². The number of carbonyl (C=O) groups is 1. The van der Waals surface area contributed by atoms with E-state index < -0.39 is 0 Å². The van der Waals surface area contributed by atoms with Crippen molar-refractivity contribution in [1.82, 2.24) is 10.3 Å². The Morgan fingerprint density at radius 2 is 2.22 bits per heavy atom. The van der Waals surface area contributed by atoms with Crippen LogP contribution in [-0.2, 0) is 9.53 Å². The van der Waals surface area contributed by atoms with Crippen LogP contribution in [0.4, 0.5) is 5.82 Å². The third-order valence-corrected chi connectivity index (χ3v) is 2.26. The predicted octanol–water partition coefficient (Wildman–Crippen LogP) is 0.655. The Labute approximate surface area is 107 Å². The number of aromatic nitrogens is 1. The smallest absolute Gasteiger partial charge is 0.221 e. The summed E-state index contributed by atoms with van der Waals surface area (Å²) in [6.45, 7) is 1.56. The van der Waals surface area contributed by atoms with Crippen LogP contribution in [0.25, 0.3) is 0 Å². The van der Waals surface area contributed by atoms with Crippen molar-refractivity contribution in [3.63, 3.8) is 0 Å². The molecular weight excluding hydrogens is 234 g/mol. The lowest BCUT2D eigenvalue weighted by Gasteiger charge is -2.09. The third-order valence-electron chi connectivity index (χ3n) is 2.26. The van der Waals surface area contributed by atoms with Gasteiger partial charge in [-0.05, 0) is 12.1 Å². The molecule has 0 bridgehead atoms. The van der Waals surface area contributed by atoms with Crippen LogP contribution in [0.2, 0.25) is 0 Å². The lowest BCUT2D eigenvalue weighted by atomic mass is 10.3. The maximum absolute atomic E-state index is 11.4. The molecule has 0 saturated heterocycles. The summed E-state index contributed by atoms with van der Waals surface area (Å²) in [4.78, 5) is 15.5. The van der Waals surface area contributed by atoms with Crippen LogP contribution in [0.1, 0.15) is 6.42 Å². The zero-order chi connectivity index (χ0) is 13.2. The molecule has 0 unspecified atom stereocenters. The molecule has 0 aliphatic heterocycles. The summed E-state index contributed by atoms with van der Waals surface area (Å²) in [5, 5.41) is 5.80. The van der Waals surface area contributed by atoms with Crippen LogP contribution >= 0.6 is 0 Å². The van der Waals surface area contributed by atoms with Gasteiger partial charge in [0.05, 0.1) is 13.7 Å². The van der Waals surface area contributed by atoms with E-state index in [1.165, 1.54) is 0 Å². The van der Waals surface area contributed by atoms with E-state index >= 15 is 0 Å². The van der Waals surface area contributed by atoms with Crippen LogP contribution < -0.4 is 15.4 Å². The number of hydrogen-bond donors (Lipinski definition) is 2. The van der Waals surface area contributed by atoms with E-state index in [0.717, 1.165) is 0 Å². The van der Waals surface area contributed by atoms with Crippen LogP contribution in [0.15, 0.2) is 18.3 Å². The van der Waals surface area contributed by atoms with Crippen molar-refractivity contribution in [2.24, 2.45) is 0 Å².